The summed E-state index contributed by atoms with van der Waals surface area (Å²) in [6.07, 6.45) is 4.20. The van der Waals surface area contributed by atoms with Crippen LogP contribution in [0.1, 0.15) is 24.5 Å². The second-order valence-electron chi connectivity index (χ2n) is 6.56. The van der Waals surface area contributed by atoms with E-state index in [1.165, 1.54) is 11.1 Å². The minimum atomic E-state index is -0.806. The van der Waals surface area contributed by atoms with Crippen LogP contribution >= 0.6 is 0 Å². The molecule has 1 saturated heterocycles. The third-order valence-corrected chi connectivity index (χ3v) is 4.60. The minimum absolute atomic E-state index is 0.235. The number of piperidine rings is 1. The van der Waals surface area contributed by atoms with Crippen LogP contribution in [0.3, 0.4) is 0 Å². The fraction of sp³-hybridized carbons (Fsp3) is 0.421. The molecule has 0 spiro atoms. The van der Waals surface area contributed by atoms with Crippen molar-refractivity contribution >= 4 is 0 Å². The second kappa shape index (κ2) is 6.69. The van der Waals surface area contributed by atoms with Gasteiger partial charge in [0.1, 0.15) is 17.5 Å². The van der Waals surface area contributed by atoms with Gasteiger partial charge in [0.2, 0.25) is 0 Å². The van der Waals surface area contributed by atoms with Crippen LogP contribution in [0.4, 0.5) is 0 Å². The van der Waals surface area contributed by atoms with Gasteiger partial charge in [0, 0.05) is 32.0 Å². The standard InChI is InChI=1S/C19H24N2O2/c1-15-12-20-10-8-16(15)13-21-11-9-19(2,22)18(14-21)23-17-6-4-3-5-7-17/h3-8,10,12,18,22H,9,11,13-14H2,1-2H3/t18-,19-/m1/s1. The molecule has 1 aliphatic heterocycles. The molecule has 4 nitrogen and oxygen atoms in total. The van der Waals surface area contributed by atoms with E-state index in [-0.39, 0.29) is 6.10 Å². The summed E-state index contributed by atoms with van der Waals surface area (Å²) in [5, 5.41) is 10.7. The van der Waals surface area contributed by atoms with Crippen molar-refractivity contribution in [1.29, 1.82) is 0 Å². The molecule has 0 radical (unpaired) electrons. The van der Waals surface area contributed by atoms with Crippen molar-refractivity contribution in [2.45, 2.75) is 38.5 Å². The number of aryl methyl sites for hydroxylation is 1. The summed E-state index contributed by atoms with van der Waals surface area (Å²) >= 11 is 0. The monoisotopic (exact) mass is 312 g/mol. The Bertz CT molecular complexity index is 643. The van der Waals surface area contributed by atoms with Crippen LogP contribution in [-0.2, 0) is 6.54 Å². The number of hydrogen-bond donors (Lipinski definition) is 1. The van der Waals surface area contributed by atoms with Gasteiger partial charge in [-0.05, 0) is 49.6 Å². The highest BCUT2D eigenvalue weighted by Crippen LogP contribution is 2.27. The van der Waals surface area contributed by atoms with Gasteiger partial charge in [0.05, 0.1) is 0 Å². The number of nitrogens with zero attached hydrogens (tertiary/aromatic N) is 2. The molecule has 0 amide bonds. The first-order valence-electron chi connectivity index (χ1n) is 8.10. The second-order valence-corrected chi connectivity index (χ2v) is 6.56. The number of ether oxygens (including phenoxy) is 1. The highest BCUT2D eigenvalue weighted by molar-refractivity contribution is 5.23. The molecule has 4 heteroatoms. The molecule has 1 aliphatic rings. The van der Waals surface area contributed by atoms with E-state index in [0.717, 1.165) is 18.8 Å². The molecule has 1 N–H and O–H groups in total. The molecule has 1 fully saturated rings. The predicted molar refractivity (Wildman–Crippen MR) is 90.3 cm³/mol. The number of pyridine rings is 1. The third kappa shape index (κ3) is 3.89. The number of hydrogen-bond acceptors (Lipinski definition) is 4. The van der Waals surface area contributed by atoms with E-state index in [1.54, 1.807) is 0 Å². The van der Waals surface area contributed by atoms with Crippen LogP contribution in [0.25, 0.3) is 0 Å². The summed E-state index contributed by atoms with van der Waals surface area (Å²) in [7, 11) is 0. The summed E-state index contributed by atoms with van der Waals surface area (Å²) in [4.78, 5) is 6.49. The van der Waals surface area contributed by atoms with Crippen molar-refractivity contribution in [2.24, 2.45) is 0 Å². The first kappa shape index (κ1) is 16.0. The van der Waals surface area contributed by atoms with E-state index in [0.29, 0.717) is 13.0 Å². The molecule has 2 aromatic rings. The maximum Gasteiger partial charge on any atom is 0.140 e. The molecule has 3 rings (SSSR count). The molecular formula is C19H24N2O2. The zero-order valence-corrected chi connectivity index (χ0v) is 13.8. The average Bonchev–Trinajstić information content (AvgIpc) is 2.54. The highest BCUT2D eigenvalue weighted by atomic mass is 16.5. The Labute approximate surface area is 137 Å². The molecule has 0 unspecified atom stereocenters. The zero-order valence-electron chi connectivity index (χ0n) is 13.8. The third-order valence-electron chi connectivity index (χ3n) is 4.60. The lowest BCUT2D eigenvalue weighted by Crippen LogP contribution is -2.56. The van der Waals surface area contributed by atoms with Crippen LogP contribution in [0.2, 0.25) is 0 Å². The molecule has 2 heterocycles. The van der Waals surface area contributed by atoms with Crippen molar-refractivity contribution in [3.63, 3.8) is 0 Å². The molecule has 0 bridgehead atoms. The van der Waals surface area contributed by atoms with Crippen molar-refractivity contribution in [3.05, 3.63) is 59.9 Å². The Morgan fingerprint density at radius 1 is 1.30 bits per heavy atom. The van der Waals surface area contributed by atoms with Crippen LogP contribution in [0.5, 0.6) is 5.75 Å². The summed E-state index contributed by atoms with van der Waals surface area (Å²) < 4.78 is 6.06. The van der Waals surface area contributed by atoms with Crippen molar-refractivity contribution in [1.82, 2.24) is 9.88 Å². The molecule has 122 valence electrons. The van der Waals surface area contributed by atoms with Gasteiger partial charge in [0.15, 0.2) is 0 Å². The molecule has 0 aliphatic carbocycles. The Balaban J connectivity index is 1.70. The van der Waals surface area contributed by atoms with Crippen LogP contribution in [0.15, 0.2) is 48.8 Å². The van der Waals surface area contributed by atoms with Crippen LogP contribution < -0.4 is 4.74 Å². The van der Waals surface area contributed by atoms with Gasteiger partial charge in [-0.3, -0.25) is 9.88 Å². The van der Waals surface area contributed by atoms with Gasteiger partial charge in [-0.25, -0.2) is 0 Å². The van der Waals surface area contributed by atoms with E-state index < -0.39 is 5.60 Å². The number of para-hydroxylation sites is 1. The fourth-order valence-corrected chi connectivity index (χ4v) is 2.96. The van der Waals surface area contributed by atoms with Gasteiger partial charge in [-0.15, -0.1) is 0 Å². The SMILES string of the molecule is Cc1cnccc1CN1CC[C@@](C)(O)[C@H](Oc2ccccc2)C1. The fourth-order valence-electron chi connectivity index (χ4n) is 2.96. The van der Waals surface area contributed by atoms with Gasteiger partial charge in [-0.2, -0.15) is 0 Å². The van der Waals surface area contributed by atoms with E-state index in [2.05, 4.69) is 22.9 Å². The zero-order chi connectivity index (χ0) is 16.3. The first-order valence-corrected chi connectivity index (χ1v) is 8.10. The van der Waals surface area contributed by atoms with Crippen LogP contribution in [-0.4, -0.2) is 39.8 Å². The molecule has 23 heavy (non-hydrogen) atoms. The van der Waals surface area contributed by atoms with Gasteiger partial charge >= 0.3 is 0 Å². The Kier molecular flexibility index (Phi) is 4.64. The maximum atomic E-state index is 10.7. The van der Waals surface area contributed by atoms with Gasteiger partial charge in [-0.1, -0.05) is 18.2 Å². The Morgan fingerprint density at radius 2 is 2.09 bits per heavy atom. The van der Waals surface area contributed by atoms with E-state index in [9.17, 15) is 5.11 Å². The van der Waals surface area contributed by atoms with E-state index in [1.807, 2.05) is 49.6 Å². The largest absolute Gasteiger partial charge is 0.486 e. The van der Waals surface area contributed by atoms with E-state index in [4.69, 9.17) is 4.74 Å². The summed E-state index contributed by atoms with van der Waals surface area (Å²) in [6, 6.07) is 11.8. The molecular weight excluding hydrogens is 288 g/mol. The number of aliphatic hydroxyl groups is 1. The highest BCUT2D eigenvalue weighted by Gasteiger charge is 2.39. The Hall–Kier alpha value is -1.91. The van der Waals surface area contributed by atoms with Gasteiger partial charge in [0.25, 0.3) is 0 Å². The first-order chi connectivity index (χ1) is 11.0. The smallest absolute Gasteiger partial charge is 0.140 e. The lowest BCUT2D eigenvalue weighted by Gasteiger charge is -2.42. The summed E-state index contributed by atoms with van der Waals surface area (Å²) in [5.41, 5.74) is 1.67. The lowest BCUT2D eigenvalue weighted by molar-refractivity contribution is -0.0964. The van der Waals surface area contributed by atoms with Crippen molar-refractivity contribution in [3.8, 4) is 5.75 Å². The number of rotatable bonds is 4. The molecule has 1 aromatic heterocycles. The molecule has 0 saturated carbocycles. The topological polar surface area (TPSA) is 45.6 Å². The lowest BCUT2D eigenvalue weighted by atomic mass is 9.90. The van der Waals surface area contributed by atoms with Crippen LogP contribution in [0, 0.1) is 6.92 Å². The minimum Gasteiger partial charge on any atom is -0.486 e. The van der Waals surface area contributed by atoms with E-state index >= 15 is 0 Å². The molecule has 1 aromatic carbocycles. The number of aromatic nitrogens is 1. The van der Waals surface area contributed by atoms with Crippen molar-refractivity contribution in [2.75, 3.05) is 13.1 Å². The maximum absolute atomic E-state index is 10.7. The average molecular weight is 312 g/mol. The normalized spacial score (nSPS) is 25.3. The van der Waals surface area contributed by atoms with Gasteiger partial charge < -0.3 is 9.84 Å². The Morgan fingerprint density at radius 3 is 2.83 bits per heavy atom. The summed E-state index contributed by atoms with van der Waals surface area (Å²) in [5.74, 6) is 0.805. The summed E-state index contributed by atoms with van der Waals surface area (Å²) in [6.45, 7) is 6.39. The predicted octanol–water partition coefficient (Wildman–Crippen LogP) is 2.79. The number of benzene rings is 1. The molecule has 2 atom stereocenters. The number of likely N-dealkylation sites (tertiary alicyclic amines) is 1. The quantitative estimate of drug-likeness (QED) is 0.943. The van der Waals surface area contributed by atoms with Crippen molar-refractivity contribution < 1.29 is 9.84 Å².